The summed E-state index contributed by atoms with van der Waals surface area (Å²) in [6.45, 7) is 0.247. The predicted molar refractivity (Wildman–Crippen MR) is 80.0 cm³/mol. The molecule has 1 aliphatic rings. The molecule has 0 saturated heterocycles. The summed E-state index contributed by atoms with van der Waals surface area (Å²) >= 11 is 3.44. The van der Waals surface area contributed by atoms with Gasteiger partial charge in [-0.3, -0.25) is 0 Å². The SMILES string of the molecule is O=C(OCc1ccccc1)C1(Br)NNc2ccccc21. The van der Waals surface area contributed by atoms with Crippen molar-refractivity contribution in [3.63, 3.8) is 0 Å². The first-order valence-electron chi connectivity index (χ1n) is 6.23. The van der Waals surface area contributed by atoms with E-state index in [1.54, 1.807) is 0 Å². The van der Waals surface area contributed by atoms with Gasteiger partial charge in [0.2, 0.25) is 4.45 Å². The minimum atomic E-state index is -1.04. The molecule has 2 aromatic carbocycles. The minimum absolute atomic E-state index is 0.247. The number of halogens is 1. The molecule has 0 fully saturated rings. The smallest absolute Gasteiger partial charge is 0.344 e. The molecule has 0 aliphatic carbocycles. The molecule has 0 radical (unpaired) electrons. The lowest BCUT2D eigenvalue weighted by Crippen LogP contribution is -2.42. The lowest BCUT2D eigenvalue weighted by molar-refractivity contribution is -0.148. The lowest BCUT2D eigenvalue weighted by atomic mass is 10.1. The highest BCUT2D eigenvalue weighted by Gasteiger charge is 2.44. The summed E-state index contributed by atoms with van der Waals surface area (Å²) in [6.07, 6.45) is 0. The van der Waals surface area contributed by atoms with E-state index in [-0.39, 0.29) is 12.6 Å². The molecule has 4 nitrogen and oxygen atoms in total. The number of ether oxygens (including phenoxy) is 1. The van der Waals surface area contributed by atoms with Crippen LogP contribution in [-0.4, -0.2) is 5.97 Å². The van der Waals surface area contributed by atoms with Crippen molar-refractivity contribution in [3.8, 4) is 0 Å². The van der Waals surface area contributed by atoms with E-state index in [0.29, 0.717) is 0 Å². The number of carbonyl (C=O) groups is 1. The molecule has 1 atom stereocenters. The number of hydrazine groups is 1. The van der Waals surface area contributed by atoms with E-state index in [9.17, 15) is 4.79 Å². The van der Waals surface area contributed by atoms with Gasteiger partial charge in [0.1, 0.15) is 6.61 Å². The number of hydrogen-bond donors (Lipinski definition) is 2. The number of carbonyl (C=O) groups excluding carboxylic acids is 1. The van der Waals surface area contributed by atoms with Crippen LogP contribution in [0.3, 0.4) is 0 Å². The highest BCUT2D eigenvalue weighted by Crippen LogP contribution is 2.39. The molecule has 0 amide bonds. The molecule has 0 aromatic heterocycles. The molecule has 2 aromatic rings. The Hall–Kier alpha value is -1.85. The molecule has 0 bridgehead atoms. The number of benzene rings is 2. The van der Waals surface area contributed by atoms with E-state index in [1.165, 1.54) is 0 Å². The van der Waals surface area contributed by atoms with Crippen LogP contribution >= 0.6 is 15.9 Å². The van der Waals surface area contributed by atoms with E-state index >= 15 is 0 Å². The van der Waals surface area contributed by atoms with Gasteiger partial charge in [-0.05, 0) is 27.6 Å². The Kier molecular flexibility index (Phi) is 3.46. The van der Waals surface area contributed by atoms with Gasteiger partial charge in [0, 0.05) is 5.56 Å². The number of nitrogens with one attached hydrogen (secondary N) is 2. The molecular weight excluding hydrogens is 320 g/mol. The van der Waals surface area contributed by atoms with Crippen molar-refractivity contribution in [2.45, 2.75) is 11.1 Å². The molecule has 5 heteroatoms. The quantitative estimate of drug-likeness (QED) is 0.515. The Morgan fingerprint density at radius 3 is 2.60 bits per heavy atom. The predicted octanol–water partition coefficient (Wildman–Crippen LogP) is 2.91. The normalized spacial score (nSPS) is 20.1. The highest BCUT2D eigenvalue weighted by atomic mass is 79.9. The van der Waals surface area contributed by atoms with Crippen molar-refractivity contribution in [1.82, 2.24) is 5.43 Å². The Labute approximate surface area is 125 Å². The summed E-state index contributed by atoms with van der Waals surface area (Å²) < 4.78 is 4.34. The van der Waals surface area contributed by atoms with Crippen LogP contribution in [0.2, 0.25) is 0 Å². The van der Waals surface area contributed by atoms with E-state index < -0.39 is 4.45 Å². The van der Waals surface area contributed by atoms with Gasteiger partial charge in [-0.25, -0.2) is 10.2 Å². The number of hydrogen-bond acceptors (Lipinski definition) is 4. The maximum absolute atomic E-state index is 12.3. The lowest BCUT2D eigenvalue weighted by Gasteiger charge is -2.20. The summed E-state index contributed by atoms with van der Waals surface area (Å²) in [5.41, 5.74) is 8.53. The molecule has 3 rings (SSSR count). The molecule has 0 saturated carbocycles. The van der Waals surface area contributed by atoms with Gasteiger partial charge in [0.05, 0.1) is 5.69 Å². The van der Waals surface area contributed by atoms with Gasteiger partial charge in [-0.1, -0.05) is 48.5 Å². The van der Waals surface area contributed by atoms with Gasteiger partial charge in [-0.2, -0.15) is 0 Å². The van der Waals surface area contributed by atoms with Crippen LogP contribution in [0.25, 0.3) is 0 Å². The number of esters is 1. The first-order chi connectivity index (χ1) is 9.70. The number of anilines is 1. The summed E-state index contributed by atoms with van der Waals surface area (Å²) in [5, 5.41) is 0. The second kappa shape index (κ2) is 5.26. The van der Waals surface area contributed by atoms with E-state index in [2.05, 4.69) is 26.8 Å². The summed E-state index contributed by atoms with van der Waals surface area (Å²) in [5.74, 6) is -0.376. The number of rotatable bonds is 3. The fraction of sp³-hybridized carbons (Fsp3) is 0.133. The zero-order valence-corrected chi connectivity index (χ0v) is 12.2. The Balaban J connectivity index is 1.75. The van der Waals surface area contributed by atoms with Gasteiger partial charge in [-0.15, -0.1) is 0 Å². The number of para-hydroxylation sites is 1. The van der Waals surface area contributed by atoms with Crippen LogP contribution in [0.5, 0.6) is 0 Å². The largest absolute Gasteiger partial charge is 0.458 e. The van der Waals surface area contributed by atoms with Crippen LogP contribution < -0.4 is 10.9 Å². The average Bonchev–Trinajstić information content (AvgIpc) is 2.85. The molecule has 1 heterocycles. The molecule has 1 unspecified atom stereocenters. The van der Waals surface area contributed by atoms with Crippen molar-refractivity contribution in [1.29, 1.82) is 0 Å². The average molecular weight is 333 g/mol. The summed E-state index contributed by atoms with van der Waals surface area (Å²) in [7, 11) is 0. The number of alkyl halides is 1. The van der Waals surface area contributed by atoms with Crippen LogP contribution in [0.4, 0.5) is 5.69 Å². The zero-order valence-electron chi connectivity index (χ0n) is 10.6. The zero-order chi connectivity index (χ0) is 14.0. The van der Waals surface area contributed by atoms with Gasteiger partial charge >= 0.3 is 5.97 Å². The third-order valence-electron chi connectivity index (χ3n) is 3.16. The van der Waals surface area contributed by atoms with Crippen LogP contribution in [-0.2, 0) is 20.6 Å². The van der Waals surface area contributed by atoms with Gasteiger partial charge < -0.3 is 10.2 Å². The maximum Gasteiger partial charge on any atom is 0.344 e. The van der Waals surface area contributed by atoms with Crippen LogP contribution in [0.15, 0.2) is 54.6 Å². The Bertz CT molecular complexity index is 633. The fourth-order valence-corrected chi connectivity index (χ4v) is 2.66. The topological polar surface area (TPSA) is 50.4 Å². The molecule has 1 aliphatic heterocycles. The second-order valence-corrected chi connectivity index (χ2v) is 5.71. The molecule has 2 N–H and O–H groups in total. The maximum atomic E-state index is 12.3. The van der Waals surface area contributed by atoms with Gasteiger partial charge in [0.15, 0.2) is 0 Å². The van der Waals surface area contributed by atoms with E-state index in [1.807, 2.05) is 54.6 Å². The van der Waals surface area contributed by atoms with Crippen molar-refractivity contribution < 1.29 is 9.53 Å². The first-order valence-corrected chi connectivity index (χ1v) is 7.02. The molecule has 102 valence electrons. The Morgan fingerprint density at radius 2 is 1.80 bits per heavy atom. The van der Waals surface area contributed by atoms with Crippen molar-refractivity contribution >= 4 is 27.6 Å². The number of fused-ring (bicyclic) bond motifs is 1. The van der Waals surface area contributed by atoms with Crippen LogP contribution in [0, 0.1) is 0 Å². The standard InChI is InChI=1S/C15H13BrN2O2/c16-15(12-8-4-5-9-13(12)17-18-15)14(19)20-10-11-6-2-1-3-7-11/h1-9,17-18H,10H2. The highest BCUT2D eigenvalue weighted by molar-refractivity contribution is 9.10. The summed E-state index contributed by atoms with van der Waals surface area (Å²) in [4.78, 5) is 12.3. The second-order valence-electron chi connectivity index (χ2n) is 4.52. The van der Waals surface area contributed by atoms with Crippen molar-refractivity contribution in [2.75, 3.05) is 5.43 Å². The third kappa shape index (κ3) is 2.30. The minimum Gasteiger partial charge on any atom is -0.458 e. The Morgan fingerprint density at radius 1 is 1.10 bits per heavy atom. The van der Waals surface area contributed by atoms with Crippen molar-refractivity contribution in [2.24, 2.45) is 0 Å². The van der Waals surface area contributed by atoms with Crippen molar-refractivity contribution in [3.05, 3.63) is 65.7 Å². The first kappa shape index (κ1) is 13.1. The van der Waals surface area contributed by atoms with E-state index in [4.69, 9.17) is 4.74 Å². The molecule has 20 heavy (non-hydrogen) atoms. The summed E-state index contributed by atoms with van der Waals surface area (Å²) in [6, 6.07) is 17.2. The van der Waals surface area contributed by atoms with Gasteiger partial charge in [0.25, 0.3) is 0 Å². The molecule has 0 spiro atoms. The third-order valence-corrected chi connectivity index (χ3v) is 4.11. The fourth-order valence-electron chi connectivity index (χ4n) is 2.10. The monoisotopic (exact) mass is 332 g/mol. The van der Waals surface area contributed by atoms with E-state index in [0.717, 1.165) is 16.8 Å². The molecular formula is C15H13BrN2O2. The van der Waals surface area contributed by atoms with Crippen LogP contribution in [0.1, 0.15) is 11.1 Å².